The van der Waals surface area contributed by atoms with E-state index >= 15 is 0 Å². The second-order valence-corrected chi connectivity index (χ2v) is 6.55. The molecule has 2 N–H and O–H groups in total. The molecule has 102 valence electrons. The van der Waals surface area contributed by atoms with Crippen LogP contribution in [0.2, 0.25) is 0 Å². The smallest absolute Gasteiger partial charge is 0.125 e. The number of methoxy groups -OCH3 is 1. The van der Waals surface area contributed by atoms with Gasteiger partial charge in [-0.25, -0.2) is 4.98 Å². The third-order valence-corrected chi connectivity index (χ3v) is 5.40. The van der Waals surface area contributed by atoms with Crippen LogP contribution >= 0.6 is 11.3 Å². The molecule has 0 saturated heterocycles. The lowest BCUT2D eigenvalue weighted by Crippen LogP contribution is -2.34. The maximum absolute atomic E-state index is 5.90. The third-order valence-electron chi connectivity index (χ3n) is 4.00. The molecular weight excluding hydrogens is 244 g/mol. The SMILES string of the molecule is COC1(c2nc(C)c(CCN)s2)CCCC(C)C1. The minimum Gasteiger partial charge on any atom is -0.371 e. The predicted molar refractivity (Wildman–Crippen MR) is 75.9 cm³/mol. The number of hydrogen-bond acceptors (Lipinski definition) is 4. The van der Waals surface area contributed by atoms with Gasteiger partial charge >= 0.3 is 0 Å². The first-order valence-corrected chi connectivity index (χ1v) is 7.65. The van der Waals surface area contributed by atoms with Crippen LogP contribution in [0.25, 0.3) is 0 Å². The molecule has 0 radical (unpaired) electrons. The molecule has 4 heteroatoms. The van der Waals surface area contributed by atoms with Gasteiger partial charge in [-0.2, -0.15) is 0 Å². The minimum absolute atomic E-state index is 0.139. The van der Waals surface area contributed by atoms with Crippen LogP contribution in [0.4, 0.5) is 0 Å². The number of aromatic nitrogens is 1. The Bertz CT molecular complexity index is 404. The van der Waals surface area contributed by atoms with Gasteiger partial charge in [-0.15, -0.1) is 11.3 Å². The van der Waals surface area contributed by atoms with Crippen molar-refractivity contribution in [1.29, 1.82) is 0 Å². The Morgan fingerprint density at radius 2 is 2.33 bits per heavy atom. The summed E-state index contributed by atoms with van der Waals surface area (Å²) in [7, 11) is 1.83. The number of thiazole rings is 1. The van der Waals surface area contributed by atoms with Crippen molar-refractivity contribution in [2.45, 2.75) is 51.6 Å². The second-order valence-electron chi connectivity index (χ2n) is 5.47. The van der Waals surface area contributed by atoms with Crippen molar-refractivity contribution in [1.82, 2.24) is 4.98 Å². The highest BCUT2D eigenvalue weighted by Gasteiger charge is 2.39. The van der Waals surface area contributed by atoms with Crippen LogP contribution < -0.4 is 5.73 Å². The molecule has 18 heavy (non-hydrogen) atoms. The van der Waals surface area contributed by atoms with Crippen molar-refractivity contribution < 1.29 is 4.74 Å². The van der Waals surface area contributed by atoms with Crippen LogP contribution in [0.5, 0.6) is 0 Å². The Hall–Kier alpha value is -0.450. The van der Waals surface area contributed by atoms with Gasteiger partial charge < -0.3 is 10.5 Å². The molecule has 0 aliphatic heterocycles. The average Bonchev–Trinajstić information content (AvgIpc) is 2.72. The molecule has 0 aromatic carbocycles. The zero-order chi connectivity index (χ0) is 13.2. The molecule has 1 aliphatic rings. The molecule has 1 aromatic heterocycles. The van der Waals surface area contributed by atoms with E-state index in [9.17, 15) is 0 Å². The predicted octanol–water partition coefficient (Wildman–Crippen LogP) is 3.00. The molecule has 0 amide bonds. The Kier molecular flexibility index (Phi) is 4.41. The van der Waals surface area contributed by atoms with Crippen LogP contribution in [0.15, 0.2) is 0 Å². The first-order chi connectivity index (χ1) is 8.61. The Morgan fingerprint density at radius 1 is 1.56 bits per heavy atom. The fourth-order valence-electron chi connectivity index (χ4n) is 2.96. The van der Waals surface area contributed by atoms with Crippen molar-refractivity contribution in [3.63, 3.8) is 0 Å². The monoisotopic (exact) mass is 268 g/mol. The second kappa shape index (κ2) is 5.68. The van der Waals surface area contributed by atoms with Gasteiger partial charge in [0.15, 0.2) is 0 Å². The molecule has 1 heterocycles. The molecule has 0 spiro atoms. The highest BCUT2D eigenvalue weighted by molar-refractivity contribution is 7.11. The highest BCUT2D eigenvalue weighted by atomic mass is 32.1. The zero-order valence-electron chi connectivity index (χ0n) is 11.7. The number of nitrogens with two attached hydrogens (primary N) is 1. The average molecular weight is 268 g/mol. The van der Waals surface area contributed by atoms with Crippen molar-refractivity contribution in [2.24, 2.45) is 11.7 Å². The van der Waals surface area contributed by atoms with Crippen LogP contribution in [-0.4, -0.2) is 18.6 Å². The summed E-state index contributed by atoms with van der Waals surface area (Å²) in [5.74, 6) is 0.723. The third kappa shape index (κ3) is 2.60. The summed E-state index contributed by atoms with van der Waals surface area (Å²) in [6.45, 7) is 5.09. The number of hydrogen-bond donors (Lipinski definition) is 1. The number of aryl methyl sites for hydroxylation is 1. The van der Waals surface area contributed by atoms with Gasteiger partial charge in [0.1, 0.15) is 10.6 Å². The van der Waals surface area contributed by atoms with Crippen molar-refractivity contribution in [2.75, 3.05) is 13.7 Å². The lowest BCUT2D eigenvalue weighted by molar-refractivity contribution is -0.0581. The van der Waals surface area contributed by atoms with Gasteiger partial charge in [0.05, 0.1) is 5.69 Å². The topological polar surface area (TPSA) is 48.1 Å². The molecule has 2 rings (SSSR count). The highest BCUT2D eigenvalue weighted by Crippen LogP contribution is 2.44. The molecule has 2 atom stereocenters. The van der Waals surface area contributed by atoms with E-state index in [0.717, 1.165) is 35.9 Å². The summed E-state index contributed by atoms with van der Waals surface area (Å²) in [4.78, 5) is 6.09. The number of ether oxygens (including phenoxy) is 1. The van der Waals surface area contributed by atoms with E-state index in [0.29, 0.717) is 6.54 Å². The maximum atomic E-state index is 5.90. The molecule has 1 fully saturated rings. The lowest BCUT2D eigenvalue weighted by Gasteiger charge is -2.37. The van der Waals surface area contributed by atoms with Crippen LogP contribution in [0.1, 0.15) is 48.2 Å². The Labute approximate surface area is 114 Å². The lowest BCUT2D eigenvalue weighted by atomic mass is 9.79. The van der Waals surface area contributed by atoms with E-state index in [1.807, 2.05) is 7.11 Å². The molecule has 2 unspecified atom stereocenters. The summed E-state index contributed by atoms with van der Waals surface area (Å²) < 4.78 is 5.90. The van der Waals surface area contributed by atoms with E-state index in [-0.39, 0.29) is 5.60 Å². The van der Waals surface area contributed by atoms with Crippen molar-refractivity contribution >= 4 is 11.3 Å². The van der Waals surface area contributed by atoms with E-state index in [4.69, 9.17) is 15.5 Å². The van der Waals surface area contributed by atoms with E-state index in [1.165, 1.54) is 17.7 Å². The van der Waals surface area contributed by atoms with E-state index in [2.05, 4.69) is 13.8 Å². The van der Waals surface area contributed by atoms with Gasteiger partial charge in [-0.3, -0.25) is 0 Å². The Balaban J connectivity index is 2.29. The zero-order valence-corrected chi connectivity index (χ0v) is 12.5. The summed E-state index contributed by atoms with van der Waals surface area (Å²) in [5.41, 5.74) is 6.65. The van der Waals surface area contributed by atoms with Gasteiger partial charge in [0.2, 0.25) is 0 Å². The van der Waals surface area contributed by atoms with Crippen LogP contribution in [0.3, 0.4) is 0 Å². The van der Waals surface area contributed by atoms with Crippen LogP contribution in [0, 0.1) is 12.8 Å². The molecular formula is C14H24N2OS. The molecule has 0 bridgehead atoms. The van der Waals surface area contributed by atoms with Crippen molar-refractivity contribution in [3.8, 4) is 0 Å². The number of rotatable bonds is 4. The summed E-state index contributed by atoms with van der Waals surface area (Å²) in [6, 6.07) is 0. The van der Waals surface area contributed by atoms with E-state index < -0.39 is 0 Å². The normalized spacial score (nSPS) is 28.6. The summed E-state index contributed by atoms with van der Waals surface area (Å²) >= 11 is 1.80. The summed E-state index contributed by atoms with van der Waals surface area (Å²) in [6.07, 6.45) is 5.67. The molecule has 1 aliphatic carbocycles. The molecule has 1 saturated carbocycles. The minimum atomic E-state index is -0.139. The standard InChI is InChI=1S/C14H24N2OS/c1-10-5-4-7-14(9-10,17-3)13-16-11(2)12(18-13)6-8-15/h10H,4-9,15H2,1-3H3. The van der Waals surface area contributed by atoms with Gasteiger partial charge in [0, 0.05) is 12.0 Å². The first kappa shape index (κ1) is 14.0. The molecule has 3 nitrogen and oxygen atoms in total. The first-order valence-electron chi connectivity index (χ1n) is 6.83. The number of nitrogens with zero attached hydrogens (tertiary/aromatic N) is 1. The van der Waals surface area contributed by atoms with Crippen LogP contribution in [-0.2, 0) is 16.8 Å². The summed E-state index contributed by atoms with van der Waals surface area (Å²) in [5, 5.41) is 1.16. The van der Waals surface area contributed by atoms with Gasteiger partial charge in [-0.05, 0) is 45.1 Å². The largest absolute Gasteiger partial charge is 0.371 e. The van der Waals surface area contributed by atoms with Gasteiger partial charge in [-0.1, -0.05) is 13.3 Å². The fraction of sp³-hybridized carbons (Fsp3) is 0.786. The molecule has 1 aromatic rings. The van der Waals surface area contributed by atoms with E-state index in [1.54, 1.807) is 11.3 Å². The fourth-order valence-corrected chi connectivity index (χ4v) is 4.24. The van der Waals surface area contributed by atoms with Crippen molar-refractivity contribution in [3.05, 3.63) is 15.6 Å². The quantitative estimate of drug-likeness (QED) is 0.913. The Morgan fingerprint density at radius 3 is 2.94 bits per heavy atom. The van der Waals surface area contributed by atoms with Gasteiger partial charge in [0.25, 0.3) is 0 Å². The maximum Gasteiger partial charge on any atom is 0.125 e.